The molecule has 3 aromatic rings. The Balaban J connectivity index is 1.43. The highest BCUT2D eigenvalue weighted by Crippen LogP contribution is 2.35. The summed E-state index contributed by atoms with van der Waals surface area (Å²) in [5, 5.41) is 0. The molecular weight excluding hydrogens is 336 g/mol. The number of hydrogen-bond donors (Lipinski definition) is 0. The fraction of sp³-hybridized carbons (Fsp3) is 0.250. The van der Waals surface area contributed by atoms with Crippen LogP contribution in [0.5, 0.6) is 23.0 Å². The van der Waals surface area contributed by atoms with Gasteiger partial charge in [-0.3, -0.25) is 0 Å². The van der Waals surface area contributed by atoms with Gasteiger partial charge in [0.15, 0.2) is 11.5 Å². The van der Waals surface area contributed by atoms with Gasteiger partial charge in [0.25, 0.3) is 0 Å². The summed E-state index contributed by atoms with van der Waals surface area (Å²) in [6.45, 7) is 4.69. The molecule has 4 rings (SSSR count). The van der Waals surface area contributed by atoms with E-state index in [1.807, 2.05) is 36.4 Å². The van der Waals surface area contributed by atoms with Gasteiger partial charge in [-0.15, -0.1) is 0 Å². The second-order valence-corrected chi connectivity index (χ2v) is 6.93. The van der Waals surface area contributed by atoms with Crippen LogP contribution in [0.2, 0.25) is 0 Å². The lowest BCUT2D eigenvalue weighted by atomic mass is 9.93. The molecule has 1 atom stereocenters. The molecule has 1 unspecified atom stereocenters. The van der Waals surface area contributed by atoms with E-state index in [-0.39, 0.29) is 0 Å². The molecule has 0 fully saturated rings. The van der Waals surface area contributed by atoms with Crippen molar-refractivity contribution >= 4 is 0 Å². The van der Waals surface area contributed by atoms with Crippen LogP contribution in [0.3, 0.4) is 0 Å². The molecule has 1 aliphatic heterocycles. The maximum Gasteiger partial charge on any atom is 0.231 e. The molecule has 1 aliphatic rings. The third-order valence-electron chi connectivity index (χ3n) is 5.01. The molecule has 0 saturated heterocycles. The van der Waals surface area contributed by atoms with Crippen LogP contribution in [-0.2, 0) is 12.8 Å². The molecule has 0 spiro atoms. The monoisotopic (exact) mass is 360 g/mol. The normalized spacial score (nSPS) is 13.4. The summed E-state index contributed by atoms with van der Waals surface area (Å²) in [5.41, 5.74) is 3.77. The number of ether oxygens (including phenoxy) is 3. The van der Waals surface area contributed by atoms with Gasteiger partial charge in [-0.05, 0) is 65.8 Å². The summed E-state index contributed by atoms with van der Waals surface area (Å²) in [4.78, 5) is 0. The Bertz CT molecular complexity index is 915. The molecule has 0 N–H and O–H groups in total. The quantitative estimate of drug-likeness (QED) is 0.530. The van der Waals surface area contributed by atoms with E-state index < -0.39 is 0 Å². The SMILES string of the molecule is CCc1ccccc1Oc1ccc(CC(C)c2ccc3c(c2)OCO3)cc1. The van der Waals surface area contributed by atoms with Crippen LogP contribution in [0, 0.1) is 0 Å². The Labute approximate surface area is 160 Å². The minimum Gasteiger partial charge on any atom is -0.457 e. The van der Waals surface area contributed by atoms with Crippen LogP contribution in [0.1, 0.15) is 36.5 Å². The third kappa shape index (κ3) is 3.92. The third-order valence-corrected chi connectivity index (χ3v) is 5.01. The van der Waals surface area contributed by atoms with Crippen molar-refractivity contribution in [3.05, 3.63) is 83.4 Å². The predicted octanol–water partition coefficient (Wildman–Crippen LogP) is 6.12. The van der Waals surface area contributed by atoms with Crippen molar-refractivity contribution in [2.24, 2.45) is 0 Å². The van der Waals surface area contributed by atoms with Gasteiger partial charge in [-0.1, -0.05) is 50.2 Å². The van der Waals surface area contributed by atoms with Crippen molar-refractivity contribution in [1.82, 2.24) is 0 Å². The fourth-order valence-corrected chi connectivity index (χ4v) is 3.41. The summed E-state index contributed by atoms with van der Waals surface area (Å²) in [6, 6.07) is 22.8. The van der Waals surface area contributed by atoms with Crippen molar-refractivity contribution < 1.29 is 14.2 Å². The summed E-state index contributed by atoms with van der Waals surface area (Å²) >= 11 is 0. The van der Waals surface area contributed by atoms with Gasteiger partial charge >= 0.3 is 0 Å². The Kier molecular flexibility index (Phi) is 5.01. The van der Waals surface area contributed by atoms with E-state index in [4.69, 9.17) is 14.2 Å². The molecule has 0 aromatic heterocycles. The molecule has 27 heavy (non-hydrogen) atoms. The van der Waals surface area contributed by atoms with Crippen LogP contribution in [0.4, 0.5) is 0 Å². The Morgan fingerprint density at radius 1 is 0.926 bits per heavy atom. The van der Waals surface area contributed by atoms with E-state index in [1.54, 1.807) is 0 Å². The summed E-state index contributed by atoms with van der Waals surface area (Å²) in [7, 11) is 0. The molecule has 0 amide bonds. The van der Waals surface area contributed by atoms with E-state index in [2.05, 4.69) is 44.2 Å². The molecular formula is C24H24O3. The number of aryl methyl sites for hydroxylation is 1. The molecule has 3 heteroatoms. The van der Waals surface area contributed by atoms with E-state index >= 15 is 0 Å². The second-order valence-electron chi connectivity index (χ2n) is 6.93. The topological polar surface area (TPSA) is 27.7 Å². The number of para-hydroxylation sites is 1. The smallest absolute Gasteiger partial charge is 0.231 e. The molecule has 0 saturated carbocycles. The largest absolute Gasteiger partial charge is 0.457 e. The summed E-state index contributed by atoms with van der Waals surface area (Å²) in [6.07, 6.45) is 1.92. The molecule has 138 valence electrons. The lowest BCUT2D eigenvalue weighted by Gasteiger charge is -2.14. The van der Waals surface area contributed by atoms with Gasteiger partial charge in [-0.25, -0.2) is 0 Å². The number of rotatable bonds is 6. The zero-order chi connectivity index (χ0) is 18.6. The van der Waals surface area contributed by atoms with Crippen LogP contribution in [0.15, 0.2) is 66.7 Å². The first-order valence-electron chi connectivity index (χ1n) is 9.47. The maximum atomic E-state index is 6.06. The molecule has 0 aliphatic carbocycles. The zero-order valence-electron chi connectivity index (χ0n) is 15.8. The first kappa shape index (κ1) is 17.5. The number of benzene rings is 3. The van der Waals surface area contributed by atoms with Crippen molar-refractivity contribution in [2.75, 3.05) is 6.79 Å². The van der Waals surface area contributed by atoms with Crippen LogP contribution in [-0.4, -0.2) is 6.79 Å². The zero-order valence-corrected chi connectivity index (χ0v) is 15.8. The van der Waals surface area contributed by atoms with E-state index in [1.165, 1.54) is 16.7 Å². The molecule has 1 heterocycles. The minimum atomic E-state index is 0.315. The highest BCUT2D eigenvalue weighted by atomic mass is 16.7. The van der Waals surface area contributed by atoms with Gasteiger partial charge in [0.05, 0.1) is 0 Å². The predicted molar refractivity (Wildman–Crippen MR) is 107 cm³/mol. The van der Waals surface area contributed by atoms with Crippen LogP contribution < -0.4 is 14.2 Å². The average molecular weight is 360 g/mol. The molecule has 3 nitrogen and oxygen atoms in total. The average Bonchev–Trinajstić information content (AvgIpc) is 3.17. The molecule has 0 bridgehead atoms. The number of hydrogen-bond acceptors (Lipinski definition) is 3. The van der Waals surface area contributed by atoms with E-state index in [9.17, 15) is 0 Å². The number of fused-ring (bicyclic) bond motifs is 1. The van der Waals surface area contributed by atoms with Crippen molar-refractivity contribution in [3.8, 4) is 23.0 Å². The first-order chi connectivity index (χ1) is 13.2. The Morgan fingerprint density at radius 3 is 2.52 bits per heavy atom. The fourth-order valence-electron chi connectivity index (χ4n) is 3.41. The van der Waals surface area contributed by atoms with Crippen LogP contribution in [0.25, 0.3) is 0 Å². The molecule has 0 radical (unpaired) electrons. The van der Waals surface area contributed by atoms with E-state index in [0.717, 1.165) is 35.8 Å². The van der Waals surface area contributed by atoms with Gasteiger partial charge in [0, 0.05) is 0 Å². The second kappa shape index (κ2) is 7.75. The lowest BCUT2D eigenvalue weighted by molar-refractivity contribution is 0.174. The summed E-state index contributed by atoms with van der Waals surface area (Å²) < 4.78 is 17.0. The van der Waals surface area contributed by atoms with Gasteiger partial charge in [-0.2, -0.15) is 0 Å². The highest BCUT2D eigenvalue weighted by Gasteiger charge is 2.16. The van der Waals surface area contributed by atoms with Gasteiger partial charge in [0.1, 0.15) is 11.5 Å². The maximum absolute atomic E-state index is 6.06. The van der Waals surface area contributed by atoms with E-state index in [0.29, 0.717) is 12.7 Å². The minimum absolute atomic E-state index is 0.315. The van der Waals surface area contributed by atoms with Gasteiger partial charge in [0.2, 0.25) is 6.79 Å². The van der Waals surface area contributed by atoms with Crippen molar-refractivity contribution in [1.29, 1.82) is 0 Å². The standard InChI is InChI=1S/C24H24O3/c1-3-19-6-4-5-7-22(19)27-21-11-8-18(9-12-21)14-17(2)20-10-13-23-24(15-20)26-16-25-23/h4-13,15,17H,3,14,16H2,1-2H3. The van der Waals surface area contributed by atoms with Gasteiger partial charge < -0.3 is 14.2 Å². The first-order valence-corrected chi connectivity index (χ1v) is 9.47. The Morgan fingerprint density at radius 2 is 1.70 bits per heavy atom. The van der Waals surface area contributed by atoms with Crippen molar-refractivity contribution in [3.63, 3.8) is 0 Å². The van der Waals surface area contributed by atoms with Crippen molar-refractivity contribution in [2.45, 2.75) is 32.6 Å². The lowest BCUT2D eigenvalue weighted by Crippen LogP contribution is -1.99. The molecule has 3 aromatic carbocycles. The summed E-state index contributed by atoms with van der Waals surface area (Å²) in [5.74, 6) is 3.88. The highest BCUT2D eigenvalue weighted by molar-refractivity contribution is 5.45. The Hall–Kier alpha value is -2.94. The van der Waals surface area contributed by atoms with Crippen LogP contribution >= 0.6 is 0 Å².